The van der Waals surface area contributed by atoms with Gasteiger partial charge in [0.25, 0.3) is 0 Å². The molecule has 0 aliphatic carbocycles. The van der Waals surface area contributed by atoms with E-state index in [1.807, 2.05) is 0 Å². The Bertz CT molecular complexity index is 938. The third-order valence-electron chi connectivity index (χ3n) is 3.23. The van der Waals surface area contributed by atoms with Crippen molar-refractivity contribution in [1.29, 1.82) is 0 Å². The average Bonchev–Trinajstić information content (AvgIpc) is 2.87. The van der Waals surface area contributed by atoms with Gasteiger partial charge in [-0.1, -0.05) is 0 Å². The number of aryl methyl sites for hydroxylation is 1. The zero-order chi connectivity index (χ0) is 16.6. The molecule has 0 saturated carbocycles. The molecule has 0 aliphatic rings. The fourth-order valence-corrected chi connectivity index (χ4v) is 2.16. The van der Waals surface area contributed by atoms with Gasteiger partial charge < -0.3 is 15.2 Å². The van der Waals surface area contributed by atoms with Crippen molar-refractivity contribution in [2.75, 3.05) is 5.32 Å². The number of pyridine rings is 1. The number of anilines is 1. The van der Waals surface area contributed by atoms with Crippen molar-refractivity contribution >= 4 is 23.3 Å². The molecule has 0 spiro atoms. The normalized spacial score (nSPS) is 10.2. The van der Waals surface area contributed by atoms with Crippen LogP contribution in [0, 0.1) is 6.92 Å². The van der Waals surface area contributed by atoms with Gasteiger partial charge in [-0.3, -0.25) is 9.78 Å². The maximum Gasteiger partial charge on any atom is 1.00 e. The van der Waals surface area contributed by atoms with Gasteiger partial charge in [0.05, 0.1) is 17.9 Å². The van der Waals surface area contributed by atoms with E-state index in [-0.39, 0.29) is 30.3 Å². The minimum absolute atomic E-state index is 0. The van der Waals surface area contributed by atoms with Gasteiger partial charge in [0, 0.05) is 29.9 Å². The fraction of sp³-hybridized carbons (Fsp3) is 0.133. The van der Waals surface area contributed by atoms with E-state index in [0.717, 1.165) is 0 Å². The minimum Gasteiger partial charge on any atom is -0.545 e. The Balaban J connectivity index is 0.00000208. The number of carboxylic acid groups (broad SMARTS) is 1. The van der Waals surface area contributed by atoms with Gasteiger partial charge in [-0.15, -0.1) is 0 Å². The van der Waals surface area contributed by atoms with Crippen LogP contribution in [0.4, 0.5) is 5.82 Å². The number of carboxylic acids is 1. The number of imidazole rings is 1. The largest absolute Gasteiger partial charge is 1.00 e. The molecular weight excluding hydrogens is 305 g/mol. The van der Waals surface area contributed by atoms with Crippen LogP contribution in [-0.2, 0) is 4.79 Å². The van der Waals surface area contributed by atoms with Crippen molar-refractivity contribution in [3.8, 4) is 11.3 Å². The molecule has 3 aromatic rings. The molecule has 0 fully saturated rings. The first kappa shape index (κ1) is 17.7. The molecule has 0 unspecified atom stereocenters. The van der Waals surface area contributed by atoms with Crippen LogP contribution in [0.15, 0.2) is 30.6 Å². The summed E-state index contributed by atoms with van der Waals surface area (Å²) in [6.07, 6.45) is 3.11. The molecule has 0 radical (unpaired) electrons. The first-order chi connectivity index (χ1) is 10.9. The van der Waals surface area contributed by atoms with Gasteiger partial charge >= 0.3 is 18.9 Å². The molecule has 3 rings (SSSR count). The number of aromatic nitrogens is 4. The van der Waals surface area contributed by atoms with E-state index in [0.29, 0.717) is 28.4 Å². The van der Waals surface area contributed by atoms with Crippen LogP contribution in [-0.4, -0.2) is 31.5 Å². The summed E-state index contributed by atoms with van der Waals surface area (Å²) in [6.45, 7) is 2.99. The molecule has 0 atom stereocenters. The summed E-state index contributed by atoms with van der Waals surface area (Å²) >= 11 is 0. The van der Waals surface area contributed by atoms with Crippen LogP contribution in [0.2, 0.25) is 0 Å². The van der Waals surface area contributed by atoms with Gasteiger partial charge in [0.1, 0.15) is 0 Å². The third kappa shape index (κ3) is 3.45. The predicted octanol–water partition coefficient (Wildman–Crippen LogP) is -2.57. The SMILES string of the molecule is CC(=O)Nc1cn2nc(-c3cnc(C)c(C(=O)[O-])c3)ccc2n1.[Li+]. The average molecular weight is 317 g/mol. The number of nitrogens with one attached hydrogen (secondary N) is 1. The third-order valence-corrected chi connectivity index (χ3v) is 3.23. The Labute approximate surface area is 149 Å². The Morgan fingerprint density at radius 3 is 2.71 bits per heavy atom. The predicted molar refractivity (Wildman–Crippen MR) is 79.6 cm³/mol. The van der Waals surface area contributed by atoms with Crippen LogP contribution >= 0.6 is 0 Å². The molecule has 1 N–H and O–H groups in total. The molecule has 0 aliphatic heterocycles. The smallest absolute Gasteiger partial charge is 0.545 e. The van der Waals surface area contributed by atoms with E-state index in [1.165, 1.54) is 17.5 Å². The molecule has 3 aromatic heterocycles. The van der Waals surface area contributed by atoms with Gasteiger partial charge in [-0.2, -0.15) is 5.10 Å². The second kappa shape index (κ2) is 6.82. The standard InChI is InChI=1S/C15H13N5O3.Li/c1-8-11(15(22)23)5-10(6-16-8)12-3-4-14-18-13(17-9(2)21)7-20(14)19-12;/h3-7H,1-2H3,(H,17,21)(H,22,23);/q;+1/p-1. The summed E-state index contributed by atoms with van der Waals surface area (Å²) in [6, 6.07) is 4.88. The van der Waals surface area contributed by atoms with Crippen molar-refractivity contribution in [3.63, 3.8) is 0 Å². The zero-order valence-electron chi connectivity index (χ0n) is 13.4. The first-order valence-corrected chi connectivity index (χ1v) is 6.76. The number of carbonyl (C=O) groups excluding carboxylic acids is 2. The van der Waals surface area contributed by atoms with Crippen LogP contribution in [0.1, 0.15) is 23.0 Å². The first-order valence-electron chi connectivity index (χ1n) is 6.76. The molecule has 0 bridgehead atoms. The van der Waals surface area contributed by atoms with E-state index in [1.54, 1.807) is 31.5 Å². The molecule has 0 saturated heterocycles. The van der Waals surface area contributed by atoms with Gasteiger partial charge in [-0.05, 0) is 25.1 Å². The second-order valence-electron chi connectivity index (χ2n) is 4.97. The van der Waals surface area contributed by atoms with E-state index >= 15 is 0 Å². The van der Waals surface area contributed by atoms with Crippen LogP contribution < -0.4 is 29.3 Å². The number of carbonyl (C=O) groups is 2. The topological polar surface area (TPSA) is 112 Å². The molecular formula is C15H12LiN5O3. The van der Waals surface area contributed by atoms with Gasteiger partial charge in [0.2, 0.25) is 5.91 Å². The second-order valence-corrected chi connectivity index (χ2v) is 4.97. The Morgan fingerprint density at radius 1 is 1.29 bits per heavy atom. The number of rotatable bonds is 3. The number of aromatic carboxylic acids is 1. The summed E-state index contributed by atoms with van der Waals surface area (Å²) in [5.41, 5.74) is 2.03. The molecule has 116 valence electrons. The summed E-state index contributed by atoms with van der Waals surface area (Å²) in [5.74, 6) is -1.12. The Kier molecular flexibility index (Phi) is 5.02. The number of nitrogens with zero attached hydrogens (tertiary/aromatic N) is 4. The molecule has 24 heavy (non-hydrogen) atoms. The van der Waals surface area contributed by atoms with Crippen molar-refractivity contribution < 1.29 is 33.6 Å². The summed E-state index contributed by atoms with van der Waals surface area (Å²) in [5, 5.41) is 18.0. The van der Waals surface area contributed by atoms with E-state index in [2.05, 4.69) is 20.4 Å². The van der Waals surface area contributed by atoms with Crippen LogP contribution in [0.3, 0.4) is 0 Å². The number of fused-ring (bicyclic) bond motifs is 1. The fourth-order valence-electron chi connectivity index (χ4n) is 2.16. The Hall–Kier alpha value is -2.69. The maximum absolute atomic E-state index is 11.1. The van der Waals surface area contributed by atoms with Crippen LogP contribution in [0.25, 0.3) is 16.9 Å². The Morgan fingerprint density at radius 2 is 2.04 bits per heavy atom. The van der Waals surface area contributed by atoms with Crippen molar-refractivity contribution in [2.24, 2.45) is 0 Å². The van der Waals surface area contributed by atoms with E-state index in [9.17, 15) is 14.7 Å². The van der Waals surface area contributed by atoms with Crippen molar-refractivity contribution in [1.82, 2.24) is 19.6 Å². The summed E-state index contributed by atoms with van der Waals surface area (Å²) in [4.78, 5) is 30.4. The summed E-state index contributed by atoms with van der Waals surface area (Å²) in [7, 11) is 0. The zero-order valence-corrected chi connectivity index (χ0v) is 13.4. The minimum atomic E-state index is -1.28. The summed E-state index contributed by atoms with van der Waals surface area (Å²) < 4.78 is 1.50. The van der Waals surface area contributed by atoms with E-state index in [4.69, 9.17) is 0 Å². The van der Waals surface area contributed by atoms with Gasteiger partial charge in [-0.25, -0.2) is 9.50 Å². The number of amides is 1. The number of hydrogen-bond donors (Lipinski definition) is 1. The molecule has 0 aromatic carbocycles. The van der Waals surface area contributed by atoms with Crippen LogP contribution in [0.5, 0.6) is 0 Å². The monoisotopic (exact) mass is 317 g/mol. The molecule has 3 heterocycles. The molecule has 8 nitrogen and oxygen atoms in total. The maximum atomic E-state index is 11.1. The quantitative estimate of drug-likeness (QED) is 0.531. The van der Waals surface area contributed by atoms with Crippen molar-refractivity contribution in [2.45, 2.75) is 13.8 Å². The van der Waals surface area contributed by atoms with Crippen molar-refractivity contribution in [3.05, 3.63) is 41.9 Å². The van der Waals surface area contributed by atoms with E-state index < -0.39 is 5.97 Å². The van der Waals surface area contributed by atoms with Gasteiger partial charge in [0.15, 0.2) is 11.5 Å². The number of hydrogen-bond acceptors (Lipinski definition) is 6. The molecule has 1 amide bonds. The molecule has 9 heteroatoms.